The first-order chi connectivity index (χ1) is 15.1. The molecule has 0 spiro atoms. The Morgan fingerprint density at radius 1 is 1.15 bits per heavy atom. The van der Waals surface area contributed by atoms with Crippen molar-refractivity contribution < 1.29 is 19.1 Å². The van der Waals surface area contributed by atoms with Gasteiger partial charge in [0.15, 0.2) is 0 Å². The van der Waals surface area contributed by atoms with Crippen LogP contribution in [0.3, 0.4) is 0 Å². The van der Waals surface area contributed by atoms with Gasteiger partial charge in [0.1, 0.15) is 17.7 Å². The van der Waals surface area contributed by atoms with Crippen molar-refractivity contribution in [3.8, 4) is 0 Å². The molecule has 0 radical (unpaired) electrons. The summed E-state index contributed by atoms with van der Waals surface area (Å²) in [5.74, 6) is -0.841. The Bertz CT molecular complexity index is 852. The van der Waals surface area contributed by atoms with E-state index in [4.69, 9.17) is 4.74 Å². The van der Waals surface area contributed by atoms with Gasteiger partial charge in [-0.1, -0.05) is 51.1 Å². The highest BCUT2D eigenvalue weighted by Gasteiger charge is 2.37. The molecule has 1 aromatic carbocycles. The molecule has 3 amide bonds. The summed E-state index contributed by atoms with van der Waals surface area (Å²) in [6, 6.07) is 5.62. The Hall–Kier alpha value is -2.83. The molecule has 3 atom stereocenters. The lowest BCUT2D eigenvalue weighted by atomic mass is 9.95. The van der Waals surface area contributed by atoms with Crippen molar-refractivity contribution in [1.29, 1.82) is 0 Å². The lowest BCUT2D eigenvalue weighted by Crippen LogP contribution is -2.55. The molecule has 7 nitrogen and oxygen atoms in total. The summed E-state index contributed by atoms with van der Waals surface area (Å²) in [4.78, 5) is 40.8. The van der Waals surface area contributed by atoms with E-state index in [1.165, 1.54) is 4.90 Å². The number of rotatable bonds is 8. The summed E-state index contributed by atoms with van der Waals surface area (Å²) in [6.45, 7) is 18.6. The molecule has 0 aliphatic carbocycles. The molecule has 0 bridgehead atoms. The number of nitrogens with zero attached hydrogens (tertiary/aromatic N) is 1. The molecule has 0 heterocycles. The van der Waals surface area contributed by atoms with Gasteiger partial charge in [-0.15, -0.1) is 0 Å². The Kier molecular flexibility index (Phi) is 9.70. The van der Waals surface area contributed by atoms with Crippen molar-refractivity contribution in [1.82, 2.24) is 15.5 Å². The number of hydrogen-bond donors (Lipinski definition) is 2. The minimum atomic E-state index is -0.886. The van der Waals surface area contributed by atoms with E-state index in [0.29, 0.717) is 12.0 Å². The number of amides is 3. The molecule has 0 aliphatic rings. The summed E-state index contributed by atoms with van der Waals surface area (Å²) in [5.41, 5.74) is 0.317. The molecule has 0 saturated carbocycles. The molecule has 1 aromatic rings. The maximum atomic E-state index is 13.6. The molecule has 184 valence electrons. The fourth-order valence-electron chi connectivity index (χ4n) is 3.31. The average Bonchev–Trinajstić information content (AvgIpc) is 2.68. The molecule has 3 unspecified atom stereocenters. The van der Waals surface area contributed by atoms with Gasteiger partial charge in [0, 0.05) is 12.6 Å². The number of ether oxygens (including phenoxy) is 1. The lowest BCUT2D eigenvalue weighted by molar-refractivity contribution is -0.142. The van der Waals surface area contributed by atoms with Gasteiger partial charge in [-0.05, 0) is 64.7 Å². The van der Waals surface area contributed by atoms with E-state index in [9.17, 15) is 14.4 Å². The van der Waals surface area contributed by atoms with Crippen molar-refractivity contribution in [2.45, 2.75) is 85.0 Å². The molecule has 0 aliphatic heterocycles. The van der Waals surface area contributed by atoms with E-state index < -0.39 is 29.3 Å². The highest BCUT2D eigenvalue weighted by atomic mass is 16.6. The van der Waals surface area contributed by atoms with Gasteiger partial charge in [-0.25, -0.2) is 4.79 Å². The number of nitrogens with one attached hydrogen (secondary N) is 2. The predicted octanol–water partition coefficient (Wildman–Crippen LogP) is 4.68. The largest absolute Gasteiger partial charge is 0.444 e. The fourth-order valence-corrected chi connectivity index (χ4v) is 3.31. The first-order valence-electron chi connectivity index (χ1n) is 11.4. The third-order valence-electron chi connectivity index (χ3n) is 5.09. The zero-order valence-corrected chi connectivity index (χ0v) is 21.6. The van der Waals surface area contributed by atoms with Gasteiger partial charge in [0.2, 0.25) is 11.8 Å². The zero-order valence-electron chi connectivity index (χ0n) is 21.6. The highest BCUT2D eigenvalue weighted by Crippen LogP contribution is 2.25. The summed E-state index contributed by atoms with van der Waals surface area (Å²) in [7, 11) is 1.59. The predicted molar refractivity (Wildman–Crippen MR) is 133 cm³/mol. The quantitative estimate of drug-likeness (QED) is 0.591. The highest BCUT2D eigenvalue weighted by molar-refractivity contribution is 5.92. The van der Waals surface area contributed by atoms with E-state index >= 15 is 0 Å². The minimum absolute atomic E-state index is 0.168. The minimum Gasteiger partial charge on any atom is -0.444 e. The third kappa shape index (κ3) is 8.91. The Morgan fingerprint density at radius 3 is 2.24 bits per heavy atom. The lowest BCUT2D eigenvalue weighted by Gasteiger charge is -2.35. The Balaban J connectivity index is 3.36. The second-order valence-electron chi connectivity index (χ2n) is 10.5. The van der Waals surface area contributed by atoms with Crippen molar-refractivity contribution in [2.75, 3.05) is 7.05 Å². The van der Waals surface area contributed by atoms with Gasteiger partial charge in [0.05, 0.1) is 0 Å². The van der Waals surface area contributed by atoms with Crippen molar-refractivity contribution >= 4 is 24.0 Å². The SMILES string of the molecule is C=Cc1cccc(C(C(=O)NC(C)(C)C)N(C)C(=O)C(NC(=O)OC(C)(C)C)C(C)CC)c1. The number of carbonyl (C=O) groups is 3. The number of alkyl carbamates (subject to hydrolysis) is 1. The van der Waals surface area contributed by atoms with Crippen LogP contribution in [0.4, 0.5) is 4.79 Å². The summed E-state index contributed by atoms with van der Waals surface area (Å²) in [6.07, 6.45) is 1.68. The first-order valence-corrected chi connectivity index (χ1v) is 11.4. The van der Waals surface area contributed by atoms with E-state index in [1.54, 1.807) is 33.9 Å². The molecule has 0 aromatic heterocycles. The molecule has 0 fully saturated rings. The standard InChI is InChI=1S/C26H41N3O4/c1-11-17(3)20(27-24(32)33-26(7,8)9)23(31)29(10)21(22(30)28-25(4,5)6)19-15-13-14-18(12-2)16-19/h12-17,20-21H,2,11H2,1,3-10H3,(H,27,32)(H,28,30). The van der Waals surface area contributed by atoms with Crippen LogP contribution in [0.5, 0.6) is 0 Å². The maximum Gasteiger partial charge on any atom is 0.408 e. The first kappa shape index (κ1) is 28.2. The van der Waals surface area contributed by atoms with E-state index in [2.05, 4.69) is 17.2 Å². The van der Waals surface area contributed by atoms with E-state index in [-0.39, 0.29) is 17.7 Å². The monoisotopic (exact) mass is 459 g/mol. The smallest absolute Gasteiger partial charge is 0.408 e. The normalized spacial score (nSPS) is 14.5. The van der Waals surface area contributed by atoms with E-state index in [1.807, 2.05) is 58.9 Å². The zero-order chi connectivity index (χ0) is 25.6. The fraction of sp³-hybridized carbons (Fsp3) is 0.577. The molecular formula is C26H41N3O4. The molecule has 7 heteroatoms. The summed E-state index contributed by atoms with van der Waals surface area (Å²) in [5, 5.41) is 5.70. The van der Waals surface area contributed by atoms with E-state index in [0.717, 1.165) is 5.56 Å². The second-order valence-corrected chi connectivity index (χ2v) is 10.5. The molecule has 2 N–H and O–H groups in total. The topological polar surface area (TPSA) is 87.7 Å². The Labute approximate surface area is 198 Å². The van der Waals surface area contributed by atoms with Gasteiger partial charge in [0.25, 0.3) is 0 Å². The van der Waals surface area contributed by atoms with Crippen LogP contribution < -0.4 is 10.6 Å². The van der Waals surface area contributed by atoms with Crippen LogP contribution in [0.25, 0.3) is 6.08 Å². The van der Waals surface area contributed by atoms with Crippen molar-refractivity contribution in [3.05, 3.63) is 42.0 Å². The van der Waals surface area contributed by atoms with Crippen molar-refractivity contribution in [2.24, 2.45) is 5.92 Å². The van der Waals surface area contributed by atoms with Gasteiger partial charge < -0.3 is 20.3 Å². The second kappa shape index (κ2) is 11.3. The molecule has 1 rings (SSSR count). The maximum absolute atomic E-state index is 13.6. The van der Waals surface area contributed by atoms with Gasteiger partial charge in [-0.2, -0.15) is 0 Å². The number of likely N-dealkylation sites (N-methyl/N-ethyl adjacent to an activating group) is 1. The molecular weight excluding hydrogens is 418 g/mol. The number of hydrogen-bond acceptors (Lipinski definition) is 4. The van der Waals surface area contributed by atoms with Crippen LogP contribution in [0.1, 0.15) is 79.0 Å². The summed E-state index contributed by atoms with van der Waals surface area (Å²) >= 11 is 0. The average molecular weight is 460 g/mol. The van der Waals surface area contributed by atoms with Crippen molar-refractivity contribution in [3.63, 3.8) is 0 Å². The van der Waals surface area contributed by atoms with Crippen LogP contribution in [-0.2, 0) is 14.3 Å². The number of carbonyl (C=O) groups excluding carboxylic acids is 3. The van der Waals surface area contributed by atoms with Gasteiger partial charge in [-0.3, -0.25) is 9.59 Å². The third-order valence-corrected chi connectivity index (χ3v) is 5.09. The van der Waals surface area contributed by atoms with Crippen LogP contribution in [0.2, 0.25) is 0 Å². The Morgan fingerprint density at radius 2 is 1.76 bits per heavy atom. The molecule has 0 saturated heterocycles. The van der Waals surface area contributed by atoms with Crippen LogP contribution in [-0.4, -0.2) is 47.0 Å². The van der Waals surface area contributed by atoms with Gasteiger partial charge >= 0.3 is 6.09 Å². The van der Waals surface area contributed by atoms with Crippen LogP contribution in [0, 0.1) is 5.92 Å². The summed E-state index contributed by atoms with van der Waals surface area (Å²) < 4.78 is 5.37. The number of benzene rings is 1. The van der Waals surface area contributed by atoms with Crippen LogP contribution in [0.15, 0.2) is 30.8 Å². The molecule has 33 heavy (non-hydrogen) atoms. The van der Waals surface area contributed by atoms with Crippen LogP contribution >= 0.6 is 0 Å².